The van der Waals surface area contributed by atoms with Crippen LogP contribution >= 0.6 is 0 Å². The van der Waals surface area contributed by atoms with Gasteiger partial charge in [0.15, 0.2) is 17.3 Å². The number of aromatic nitrogens is 2. The Balaban J connectivity index is 2.40. The second-order valence-electron chi connectivity index (χ2n) is 3.61. The lowest BCUT2D eigenvalue weighted by Crippen LogP contribution is -2.15. The molecular formula is C12H11FN4O. The van der Waals surface area contributed by atoms with Crippen LogP contribution in [0.25, 0.3) is 0 Å². The summed E-state index contributed by atoms with van der Waals surface area (Å²) >= 11 is 0. The number of nitrogens with two attached hydrogens (primary N) is 1. The molecule has 0 amide bonds. The summed E-state index contributed by atoms with van der Waals surface area (Å²) in [6, 6.07) is 4.77. The summed E-state index contributed by atoms with van der Waals surface area (Å²) in [5.41, 5.74) is 5.88. The van der Waals surface area contributed by atoms with Gasteiger partial charge in [-0.15, -0.1) is 0 Å². The Morgan fingerprint density at radius 3 is 2.78 bits per heavy atom. The lowest BCUT2D eigenvalue weighted by Gasteiger charge is -2.09. The minimum atomic E-state index is -0.474. The summed E-state index contributed by atoms with van der Waals surface area (Å²) in [6.07, 6.45) is 2.77. The quantitative estimate of drug-likeness (QED) is 0.640. The van der Waals surface area contributed by atoms with Gasteiger partial charge in [0.05, 0.1) is 0 Å². The number of ether oxygens (including phenoxy) is 1. The molecule has 0 aliphatic carbocycles. The molecule has 0 fully saturated rings. The molecule has 2 rings (SSSR count). The van der Waals surface area contributed by atoms with Gasteiger partial charge in [-0.1, -0.05) is 12.1 Å². The molecule has 5 nitrogen and oxygen atoms in total. The van der Waals surface area contributed by atoms with Crippen molar-refractivity contribution in [1.29, 1.82) is 5.41 Å². The van der Waals surface area contributed by atoms with Crippen LogP contribution in [0, 0.1) is 18.2 Å². The second kappa shape index (κ2) is 4.79. The van der Waals surface area contributed by atoms with E-state index >= 15 is 0 Å². The Labute approximate surface area is 103 Å². The monoisotopic (exact) mass is 246 g/mol. The van der Waals surface area contributed by atoms with Crippen LogP contribution in [-0.2, 0) is 0 Å². The molecule has 0 spiro atoms. The van der Waals surface area contributed by atoms with Gasteiger partial charge >= 0.3 is 0 Å². The van der Waals surface area contributed by atoms with Gasteiger partial charge < -0.3 is 10.5 Å². The number of benzene rings is 1. The van der Waals surface area contributed by atoms with E-state index in [1.165, 1.54) is 18.5 Å². The van der Waals surface area contributed by atoms with Crippen molar-refractivity contribution in [2.75, 3.05) is 0 Å². The van der Waals surface area contributed by atoms with E-state index in [1.54, 1.807) is 19.1 Å². The molecule has 0 unspecified atom stereocenters. The highest BCUT2D eigenvalue weighted by molar-refractivity contribution is 5.95. The molecule has 1 heterocycles. The zero-order chi connectivity index (χ0) is 13.1. The third-order valence-electron chi connectivity index (χ3n) is 2.28. The van der Waals surface area contributed by atoms with E-state index in [4.69, 9.17) is 15.9 Å². The molecule has 1 aromatic carbocycles. The van der Waals surface area contributed by atoms with E-state index in [1.807, 2.05) is 0 Å². The Morgan fingerprint density at radius 2 is 2.06 bits per heavy atom. The van der Waals surface area contributed by atoms with E-state index in [2.05, 4.69) is 9.97 Å². The normalized spacial score (nSPS) is 10.1. The summed E-state index contributed by atoms with van der Waals surface area (Å²) in [4.78, 5) is 7.76. The first kappa shape index (κ1) is 12.0. The van der Waals surface area contributed by atoms with Crippen molar-refractivity contribution in [1.82, 2.24) is 9.97 Å². The molecule has 6 heteroatoms. The van der Waals surface area contributed by atoms with E-state index in [0.29, 0.717) is 5.56 Å². The van der Waals surface area contributed by atoms with E-state index in [9.17, 15) is 4.39 Å². The average molecular weight is 246 g/mol. The molecule has 0 atom stereocenters. The van der Waals surface area contributed by atoms with Crippen LogP contribution < -0.4 is 10.5 Å². The Hall–Kier alpha value is -2.50. The number of hydrogen-bond donors (Lipinski definition) is 2. The van der Waals surface area contributed by atoms with Crippen LogP contribution in [0.3, 0.4) is 0 Å². The number of hydrogen-bond acceptors (Lipinski definition) is 4. The minimum Gasteiger partial charge on any atom is -0.434 e. The van der Waals surface area contributed by atoms with Gasteiger partial charge in [-0.25, -0.2) is 14.4 Å². The van der Waals surface area contributed by atoms with Crippen molar-refractivity contribution in [2.45, 2.75) is 6.92 Å². The molecular weight excluding hydrogens is 235 g/mol. The van der Waals surface area contributed by atoms with Crippen molar-refractivity contribution >= 4 is 5.84 Å². The zero-order valence-corrected chi connectivity index (χ0v) is 9.64. The molecule has 0 saturated carbocycles. The van der Waals surface area contributed by atoms with Crippen molar-refractivity contribution in [3.8, 4) is 11.6 Å². The van der Waals surface area contributed by atoms with Crippen molar-refractivity contribution in [3.63, 3.8) is 0 Å². The maximum absolute atomic E-state index is 13.8. The molecule has 3 N–H and O–H groups in total. The number of halogens is 1. The van der Waals surface area contributed by atoms with Gasteiger partial charge in [-0.05, 0) is 18.6 Å². The van der Waals surface area contributed by atoms with Gasteiger partial charge in [0.1, 0.15) is 5.84 Å². The van der Waals surface area contributed by atoms with Crippen LogP contribution in [0.2, 0.25) is 0 Å². The molecule has 0 aliphatic heterocycles. The SMILES string of the molecule is Cc1cccc(Oc2nccnc2C(=N)N)c1F. The van der Waals surface area contributed by atoms with Crippen molar-refractivity contribution in [2.24, 2.45) is 5.73 Å². The van der Waals surface area contributed by atoms with Gasteiger partial charge in [0, 0.05) is 12.4 Å². The van der Waals surface area contributed by atoms with E-state index in [0.717, 1.165) is 0 Å². The molecule has 0 saturated heterocycles. The second-order valence-corrected chi connectivity index (χ2v) is 3.61. The topological polar surface area (TPSA) is 84.9 Å². The molecule has 0 bridgehead atoms. The Kier molecular flexibility index (Phi) is 3.18. The third-order valence-corrected chi connectivity index (χ3v) is 2.28. The van der Waals surface area contributed by atoms with Gasteiger partial charge in [-0.2, -0.15) is 0 Å². The first-order valence-corrected chi connectivity index (χ1v) is 5.18. The zero-order valence-electron chi connectivity index (χ0n) is 9.64. The number of nitrogens with zero attached hydrogens (tertiary/aromatic N) is 2. The third kappa shape index (κ3) is 2.27. The van der Waals surface area contributed by atoms with Gasteiger partial charge in [0.2, 0.25) is 5.88 Å². The minimum absolute atomic E-state index is 0.00880. The van der Waals surface area contributed by atoms with Gasteiger partial charge in [-0.3, -0.25) is 5.41 Å². The largest absolute Gasteiger partial charge is 0.434 e. The Bertz CT molecular complexity index is 600. The van der Waals surface area contributed by atoms with Crippen LogP contribution in [-0.4, -0.2) is 15.8 Å². The maximum Gasteiger partial charge on any atom is 0.249 e. The number of aryl methyl sites for hydroxylation is 1. The van der Waals surface area contributed by atoms with E-state index in [-0.39, 0.29) is 23.2 Å². The highest BCUT2D eigenvalue weighted by Crippen LogP contribution is 2.25. The Morgan fingerprint density at radius 1 is 1.33 bits per heavy atom. The number of amidine groups is 1. The van der Waals surface area contributed by atoms with Crippen LogP contribution in [0.4, 0.5) is 4.39 Å². The molecule has 2 aromatic rings. The van der Waals surface area contributed by atoms with Crippen LogP contribution in [0.1, 0.15) is 11.3 Å². The molecule has 18 heavy (non-hydrogen) atoms. The smallest absolute Gasteiger partial charge is 0.249 e. The van der Waals surface area contributed by atoms with Gasteiger partial charge in [0.25, 0.3) is 0 Å². The summed E-state index contributed by atoms with van der Waals surface area (Å²) in [5.74, 6) is -0.726. The summed E-state index contributed by atoms with van der Waals surface area (Å²) in [6.45, 7) is 1.63. The lowest BCUT2D eigenvalue weighted by molar-refractivity contribution is 0.422. The van der Waals surface area contributed by atoms with Crippen molar-refractivity contribution < 1.29 is 9.13 Å². The average Bonchev–Trinajstić information content (AvgIpc) is 2.35. The number of nitrogen functional groups attached to an aromatic ring is 1. The highest BCUT2D eigenvalue weighted by Gasteiger charge is 2.13. The fraction of sp³-hybridized carbons (Fsp3) is 0.0833. The molecule has 1 aromatic heterocycles. The standard InChI is InChI=1S/C12H11FN4O/c1-7-3-2-4-8(9(7)13)18-12-10(11(14)15)16-5-6-17-12/h2-6H,1H3,(H3,14,15). The first-order valence-electron chi connectivity index (χ1n) is 5.18. The molecule has 0 radical (unpaired) electrons. The predicted molar refractivity (Wildman–Crippen MR) is 64.3 cm³/mol. The van der Waals surface area contributed by atoms with Crippen molar-refractivity contribution in [3.05, 3.63) is 47.7 Å². The highest BCUT2D eigenvalue weighted by atomic mass is 19.1. The number of rotatable bonds is 3. The molecule has 92 valence electrons. The molecule has 0 aliphatic rings. The van der Waals surface area contributed by atoms with Crippen LogP contribution in [0.15, 0.2) is 30.6 Å². The predicted octanol–water partition coefficient (Wildman–Crippen LogP) is 2.00. The lowest BCUT2D eigenvalue weighted by atomic mass is 10.2. The summed E-state index contributed by atoms with van der Waals surface area (Å²) < 4.78 is 19.1. The first-order chi connectivity index (χ1) is 8.59. The van der Waals surface area contributed by atoms with Crippen LogP contribution in [0.5, 0.6) is 11.6 Å². The van der Waals surface area contributed by atoms with E-state index < -0.39 is 5.82 Å². The number of nitrogens with one attached hydrogen (secondary N) is 1. The fourth-order valence-corrected chi connectivity index (χ4v) is 1.39. The summed E-state index contributed by atoms with van der Waals surface area (Å²) in [5, 5.41) is 7.34. The maximum atomic E-state index is 13.8. The summed E-state index contributed by atoms with van der Waals surface area (Å²) in [7, 11) is 0. The fourth-order valence-electron chi connectivity index (χ4n) is 1.39.